The number of benzene rings is 1. The van der Waals surface area contributed by atoms with Crippen LogP contribution in [0.2, 0.25) is 0 Å². The normalized spacial score (nSPS) is 17.8. The van der Waals surface area contributed by atoms with E-state index in [9.17, 15) is 9.59 Å². The molecule has 4 rings (SSSR count). The molecule has 1 saturated heterocycles. The number of fused-ring (bicyclic) bond motifs is 1. The van der Waals surface area contributed by atoms with Gasteiger partial charge in [0.15, 0.2) is 0 Å². The largest absolute Gasteiger partial charge is 0.339 e. The first-order chi connectivity index (χ1) is 12.2. The number of para-hydroxylation sites is 1. The maximum absolute atomic E-state index is 12.8. The van der Waals surface area contributed by atoms with E-state index in [0.717, 1.165) is 19.4 Å². The Balaban J connectivity index is 1.54. The molecule has 0 aliphatic carbocycles. The summed E-state index contributed by atoms with van der Waals surface area (Å²) in [6.07, 6.45) is 8.79. The molecule has 0 N–H and O–H groups in total. The van der Waals surface area contributed by atoms with E-state index >= 15 is 0 Å². The van der Waals surface area contributed by atoms with E-state index in [2.05, 4.69) is 14.6 Å². The summed E-state index contributed by atoms with van der Waals surface area (Å²) in [7, 11) is 0. The maximum atomic E-state index is 12.8. The average molecular weight is 337 g/mol. The van der Waals surface area contributed by atoms with Gasteiger partial charge >= 0.3 is 0 Å². The van der Waals surface area contributed by atoms with Gasteiger partial charge in [0.1, 0.15) is 6.54 Å². The molecule has 1 fully saturated rings. The quantitative estimate of drug-likeness (QED) is 0.725. The van der Waals surface area contributed by atoms with Crippen LogP contribution in [-0.2, 0) is 11.3 Å². The minimum absolute atomic E-state index is 0.0196. The second kappa shape index (κ2) is 6.51. The molecule has 0 unspecified atom stereocenters. The number of aromatic nitrogens is 4. The van der Waals surface area contributed by atoms with E-state index in [0.29, 0.717) is 17.4 Å². The molecule has 3 aromatic rings. The highest BCUT2D eigenvalue weighted by Gasteiger charge is 2.25. The van der Waals surface area contributed by atoms with E-state index in [4.69, 9.17) is 0 Å². The zero-order chi connectivity index (χ0) is 17.2. The van der Waals surface area contributed by atoms with Crippen LogP contribution >= 0.6 is 0 Å². The van der Waals surface area contributed by atoms with Gasteiger partial charge in [-0.25, -0.2) is 4.98 Å². The Bertz CT molecular complexity index is 948. The number of imidazole rings is 1. The fourth-order valence-corrected chi connectivity index (χ4v) is 3.43. The molecule has 0 saturated carbocycles. The number of carbonyl (C=O) groups is 1. The third-order valence-corrected chi connectivity index (χ3v) is 4.74. The molecule has 2 aromatic heterocycles. The van der Waals surface area contributed by atoms with Crippen molar-refractivity contribution in [3.63, 3.8) is 0 Å². The van der Waals surface area contributed by atoms with Crippen LogP contribution in [0.3, 0.4) is 0 Å². The molecule has 1 aliphatic rings. The Morgan fingerprint density at radius 1 is 1.28 bits per heavy atom. The van der Waals surface area contributed by atoms with Gasteiger partial charge in [-0.05, 0) is 25.0 Å². The minimum atomic E-state index is -0.127. The number of nitrogens with zero attached hydrogens (tertiary/aromatic N) is 5. The van der Waals surface area contributed by atoms with Gasteiger partial charge in [-0.3, -0.25) is 14.3 Å². The molecular weight excluding hydrogens is 318 g/mol. The topological polar surface area (TPSA) is 73.0 Å². The van der Waals surface area contributed by atoms with Crippen molar-refractivity contribution in [2.24, 2.45) is 0 Å². The molecule has 1 atom stereocenters. The fourth-order valence-electron chi connectivity index (χ4n) is 3.43. The lowest BCUT2D eigenvalue weighted by Gasteiger charge is -2.33. The zero-order valence-corrected chi connectivity index (χ0v) is 13.8. The molecule has 0 radical (unpaired) electrons. The fraction of sp³-hybridized carbons (Fsp3) is 0.333. The van der Waals surface area contributed by atoms with E-state index in [1.807, 2.05) is 29.3 Å². The lowest BCUT2D eigenvalue weighted by molar-refractivity contribution is -0.133. The molecule has 7 nitrogen and oxygen atoms in total. The van der Waals surface area contributed by atoms with Crippen LogP contribution in [0.1, 0.15) is 18.9 Å². The maximum Gasteiger partial charge on any atom is 0.244 e. The van der Waals surface area contributed by atoms with Crippen LogP contribution in [0.4, 0.5) is 0 Å². The summed E-state index contributed by atoms with van der Waals surface area (Å²) in [5.74, 6) is 0.0196. The summed E-state index contributed by atoms with van der Waals surface area (Å²) in [5.41, 5.74) is 0.559. The van der Waals surface area contributed by atoms with Crippen LogP contribution in [0, 0.1) is 0 Å². The number of rotatable bonds is 3. The van der Waals surface area contributed by atoms with Crippen molar-refractivity contribution in [1.82, 2.24) is 24.2 Å². The lowest BCUT2D eigenvalue weighted by atomic mass is 10.1. The van der Waals surface area contributed by atoms with Gasteiger partial charge in [-0.15, -0.1) is 0 Å². The Kier molecular flexibility index (Phi) is 4.05. The van der Waals surface area contributed by atoms with Crippen LogP contribution in [0.15, 0.2) is 54.0 Å². The molecule has 1 aliphatic heterocycles. The van der Waals surface area contributed by atoms with Crippen LogP contribution in [0.5, 0.6) is 0 Å². The number of carbonyl (C=O) groups excluding carboxylic acids is 1. The van der Waals surface area contributed by atoms with Gasteiger partial charge in [0, 0.05) is 30.9 Å². The van der Waals surface area contributed by atoms with Crippen molar-refractivity contribution in [3.05, 3.63) is 59.4 Å². The summed E-state index contributed by atoms with van der Waals surface area (Å²) >= 11 is 0. The van der Waals surface area contributed by atoms with Gasteiger partial charge in [-0.1, -0.05) is 12.1 Å². The van der Waals surface area contributed by atoms with E-state index in [1.54, 1.807) is 23.3 Å². The zero-order valence-electron chi connectivity index (χ0n) is 13.8. The molecule has 0 bridgehead atoms. The molecule has 3 heterocycles. The third kappa shape index (κ3) is 3.05. The Labute approximate surface area is 144 Å². The van der Waals surface area contributed by atoms with E-state index in [1.165, 1.54) is 6.20 Å². The van der Waals surface area contributed by atoms with Crippen molar-refractivity contribution in [2.75, 3.05) is 13.1 Å². The summed E-state index contributed by atoms with van der Waals surface area (Å²) in [4.78, 5) is 30.7. The summed E-state index contributed by atoms with van der Waals surface area (Å²) < 4.78 is 3.67. The Morgan fingerprint density at radius 3 is 3.00 bits per heavy atom. The van der Waals surface area contributed by atoms with Crippen molar-refractivity contribution in [1.29, 1.82) is 0 Å². The Morgan fingerprint density at radius 2 is 2.16 bits per heavy atom. The Hall–Kier alpha value is -2.96. The summed E-state index contributed by atoms with van der Waals surface area (Å²) in [6.45, 7) is 1.56. The highest BCUT2D eigenvalue weighted by Crippen LogP contribution is 2.21. The number of likely N-dealkylation sites (tertiary alicyclic amines) is 1. The molecule has 0 spiro atoms. The molecule has 25 heavy (non-hydrogen) atoms. The highest BCUT2D eigenvalue weighted by atomic mass is 16.2. The summed E-state index contributed by atoms with van der Waals surface area (Å²) in [6, 6.07) is 7.51. The summed E-state index contributed by atoms with van der Waals surface area (Å²) in [5, 5.41) is 4.74. The first kappa shape index (κ1) is 15.6. The first-order valence-electron chi connectivity index (χ1n) is 8.42. The molecular formula is C18H19N5O2. The molecule has 1 aromatic carbocycles. The standard InChI is InChI=1S/C18H19N5O2/c24-17-10-20-23(16-6-2-1-5-15(16)17)12-18(25)21-8-3-4-14(11-21)22-9-7-19-13-22/h1-2,5-7,9-10,13-14H,3-4,8,11-12H2/t14-/m1/s1. The lowest BCUT2D eigenvalue weighted by Crippen LogP contribution is -2.42. The van der Waals surface area contributed by atoms with E-state index < -0.39 is 0 Å². The molecule has 7 heteroatoms. The minimum Gasteiger partial charge on any atom is -0.339 e. The van der Waals surface area contributed by atoms with Crippen LogP contribution < -0.4 is 5.43 Å². The van der Waals surface area contributed by atoms with Crippen LogP contribution in [-0.4, -0.2) is 43.2 Å². The highest BCUT2D eigenvalue weighted by molar-refractivity contribution is 5.81. The SMILES string of the molecule is O=C(Cn1ncc(=O)c2ccccc21)N1CCC[C@@H](n2ccnc2)C1. The van der Waals surface area contributed by atoms with Gasteiger partial charge in [0.25, 0.3) is 0 Å². The predicted octanol–water partition coefficient (Wildman–Crippen LogP) is 1.46. The molecule has 1 amide bonds. The van der Waals surface area contributed by atoms with Crippen molar-refractivity contribution in [2.45, 2.75) is 25.4 Å². The number of piperidine rings is 1. The number of hydrogen-bond donors (Lipinski definition) is 0. The van der Waals surface area contributed by atoms with Gasteiger partial charge < -0.3 is 9.47 Å². The molecule has 128 valence electrons. The van der Waals surface area contributed by atoms with Crippen molar-refractivity contribution < 1.29 is 4.79 Å². The second-order valence-electron chi connectivity index (χ2n) is 6.33. The van der Waals surface area contributed by atoms with Crippen molar-refractivity contribution >= 4 is 16.8 Å². The van der Waals surface area contributed by atoms with Gasteiger partial charge in [0.2, 0.25) is 11.3 Å². The van der Waals surface area contributed by atoms with E-state index in [-0.39, 0.29) is 23.9 Å². The van der Waals surface area contributed by atoms with Gasteiger partial charge in [-0.2, -0.15) is 5.10 Å². The van der Waals surface area contributed by atoms with Crippen LogP contribution in [0.25, 0.3) is 10.9 Å². The monoisotopic (exact) mass is 337 g/mol. The van der Waals surface area contributed by atoms with Crippen molar-refractivity contribution in [3.8, 4) is 0 Å². The average Bonchev–Trinajstić information content (AvgIpc) is 3.19. The van der Waals surface area contributed by atoms with Gasteiger partial charge in [0.05, 0.1) is 24.1 Å². The number of hydrogen-bond acceptors (Lipinski definition) is 4. The number of amides is 1. The smallest absolute Gasteiger partial charge is 0.244 e. The predicted molar refractivity (Wildman–Crippen MR) is 93.1 cm³/mol. The first-order valence-corrected chi connectivity index (χ1v) is 8.42. The second-order valence-corrected chi connectivity index (χ2v) is 6.33. The third-order valence-electron chi connectivity index (χ3n) is 4.74.